The van der Waals surface area contributed by atoms with E-state index in [1.54, 1.807) is 4.68 Å². The number of nitrogens with zero attached hydrogens (tertiary/aromatic N) is 6. The highest BCUT2D eigenvalue weighted by Gasteiger charge is 2.08. The van der Waals surface area contributed by atoms with E-state index >= 15 is 0 Å². The second-order valence-corrected chi connectivity index (χ2v) is 5.42. The first kappa shape index (κ1) is 19.0. The van der Waals surface area contributed by atoms with Gasteiger partial charge in [-0.05, 0) is 17.7 Å². The van der Waals surface area contributed by atoms with Gasteiger partial charge in [0.05, 0.1) is 23.4 Å². The highest BCUT2D eigenvalue weighted by Crippen LogP contribution is 2.25. The van der Waals surface area contributed by atoms with E-state index in [0.29, 0.717) is 23.7 Å². The summed E-state index contributed by atoms with van der Waals surface area (Å²) in [5.41, 5.74) is 8.06. The van der Waals surface area contributed by atoms with Crippen LogP contribution in [0, 0.1) is 10.1 Å². The van der Waals surface area contributed by atoms with E-state index in [2.05, 4.69) is 15.3 Å². The lowest BCUT2D eigenvalue weighted by Gasteiger charge is -2.03. The third kappa shape index (κ3) is 4.39. The van der Waals surface area contributed by atoms with E-state index in [4.69, 9.17) is 5.73 Å². The molecule has 2 aromatic heterocycles. The molecule has 0 saturated carbocycles. The van der Waals surface area contributed by atoms with Crippen LogP contribution in [0.15, 0.2) is 65.2 Å². The Morgan fingerprint density at radius 2 is 1.85 bits per heavy atom. The molecule has 0 amide bonds. The number of rotatable bonds is 5. The number of aryl methyl sites for hydroxylation is 1. The molecule has 1 aromatic carbocycles. The molecule has 0 fully saturated rings. The van der Waals surface area contributed by atoms with Crippen LogP contribution < -0.4 is 22.7 Å². The Bertz CT molecular complexity index is 921. The Hall–Kier alpha value is -3.33. The van der Waals surface area contributed by atoms with E-state index in [9.17, 15) is 10.1 Å². The van der Waals surface area contributed by atoms with Crippen molar-refractivity contribution < 1.29 is 21.9 Å². The number of pyridine rings is 1. The molecular weight excluding hydrogens is 358 g/mol. The van der Waals surface area contributed by atoms with Crippen LogP contribution >= 0.6 is 0 Å². The van der Waals surface area contributed by atoms with Crippen LogP contribution in [0.4, 0.5) is 22.9 Å². The molecular formula is C16H16ClN7O2. The number of halogens is 1. The van der Waals surface area contributed by atoms with E-state index in [0.717, 1.165) is 5.56 Å². The highest BCUT2D eigenvalue weighted by atomic mass is 35.5. The van der Waals surface area contributed by atoms with Gasteiger partial charge in [0.25, 0.3) is 5.69 Å². The summed E-state index contributed by atoms with van der Waals surface area (Å²) in [6.07, 6.45) is 5.43. The number of nitrogens with two attached hydrogens (primary N) is 1. The molecule has 0 unspecified atom stereocenters. The van der Waals surface area contributed by atoms with Crippen molar-refractivity contribution in [1.29, 1.82) is 0 Å². The Morgan fingerprint density at radius 3 is 2.46 bits per heavy atom. The average molecular weight is 374 g/mol. The van der Waals surface area contributed by atoms with Crippen molar-refractivity contribution in [2.75, 3.05) is 5.73 Å². The number of anilines is 1. The average Bonchev–Trinajstić information content (AvgIpc) is 2.95. The minimum absolute atomic E-state index is 0. The van der Waals surface area contributed by atoms with Gasteiger partial charge in [-0.25, -0.2) is 9.25 Å². The molecule has 2 N–H and O–H groups in total. The van der Waals surface area contributed by atoms with Crippen LogP contribution in [0.25, 0.3) is 0 Å². The molecule has 0 aliphatic rings. The fourth-order valence-corrected chi connectivity index (χ4v) is 2.15. The number of hydrogen-bond acceptors (Lipinski definition) is 6. The summed E-state index contributed by atoms with van der Waals surface area (Å²) < 4.78 is 3.58. The molecule has 3 aromatic rings. The number of azo groups is 1. The predicted octanol–water partition coefficient (Wildman–Crippen LogP) is -0.334. The van der Waals surface area contributed by atoms with Gasteiger partial charge < -0.3 is 18.1 Å². The molecule has 9 nitrogen and oxygen atoms in total. The molecule has 10 heteroatoms. The van der Waals surface area contributed by atoms with Gasteiger partial charge in [0.2, 0.25) is 0 Å². The molecule has 0 saturated heterocycles. The van der Waals surface area contributed by atoms with Crippen molar-refractivity contribution in [1.82, 2.24) is 9.78 Å². The van der Waals surface area contributed by atoms with Gasteiger partial charge in [-0.2, -0.15) is 10.2 Å². The first-order valence-electron chi connectivity index (χ1n) is 7.44. The maximum absolute atomic E-state index is 10.6. The van der Waals surface area contributed by atoms with E-state index in [-0.39, 0.29) is 18.1 Å². The molecule has 2 heterocycles. The molecule has 0 spiro atoms. The first-order valence-corrected chi connectivity index (χ1v) is 7.44. The molecule has 0 bridgehead atoms. The van der Waals surface area contributed by atoms with Gasteiger partial charge in [-0.3, -0.25) is 10.1 Å². The Labute approximate surface area is 155 Å². The van der Waals surface area contributed by atoms with Gasteiger partial charge in [-0.15, -0.1) is 5.11 Å². The van der Waals surface area contributed by atoms with Gasteiger partial charge in [-0.1, -0.05) is 0 Å². The maximum atomic E-state index is 10.6. The molecule has 0 radical (unpaired) electrons. The predicted molar refractivity (Wildman–Crippen MR) is 90.6 cm³/mol. The molecule has 0 aliphatic heterocycles. The van der Waals surface area contributed by atoms with Gasteiger partial charge in [0.1, 0.15) is 18.6 Å². The summed E-state index contributed by atoms with van der Waals surface area (Å²) in [6.45, 7) is 0.528. The third-order valence-electron chi connectivity index (χ3n) is 3.57. The zero-order chi connectivity index (χ0) is 17.8. The van der Waals surface area contributed by atoms with Crippen LogP contribution in [-0.4, -0.2) is 14.7 Å². The summed E-state index contributed by atoms with van der Waals surface area (Å²) in [5.74, 6) is 0.402. The quantitative estimate of drug-likeness (QED) is 0.285. The highest BCUT2D eigenvalue weighted by molar-refractivity contribution is 5.56. The lowest BCUT2D eigenvalue weighted by atomic mass is 10.3. The number of nitrogen functional groups attached to an aromatic ring is 1. The fraction of sp³-hybridized carbons (Fsp3) is 0.125. The molecule has 0 atom stereocenters. The normalized spacial score (nSPS) is 10.7. The summed E-state index contributed by atoms with van der Waals surface area (Å²) >= 11 is 0. The smallest absolute Gasteiger partial charge is 0.269 e. The van der Waals surface area contributed by atoms with Crippen LogP contribution in [0.2, 0.25) is 0 Å². The van der Waals surface area contributed by atoms with Gasteiger partial charge >= 0.3 is 0 Å². The Morgan fingerprint density at radius 1 is 1.19 bits per heavy atom. The topological polar surface area (TPSA) is 116 Å². The lowest BCUT2D eigenvalue weighted by Crippen LogP contribution is -3.00. The zero-order valence-corrected chi connectivity index (χ0v) is 14.6. The SMILES string of the molecule is C[n+]1ccc(Cn2ncc(N=Nc3ccc([N+](=O)[O-])cc3)c2N)cc1.[Cl-]. The fourth-order valence-electron chi connectivity index (χ4n) is 2.15. The molecule has 3 rings (SSSR count). The number of benzene rings is 1. The Balaban J connectivity index is 0.00000243. The van der Waals surface area contributed by atoms with Crippen LogP contribution in [0.1, 0.15) is 5.56 Å². The van der Waals surface area contributed by atoms with Gasteiger partial charge in [0, 0.05) is 24.3 Å². The summed E-state index contributed by atoms with van der Waals surface area (Å²) in [4.78, 5) is 10.2. The number of non-ortho nitro benzene ring substituents is 1. The Kier molecular flexibility index (Phi) is 5.97. The van der Waals surface area contributed by atoms with Crippen molar-refractivity contribution in [2.45, 2.75) is 6.54 Å². The second kappa shape index (κ2) is 8.17. The standard InChI is InChI=1S/C16H16N7O2.ClH/c1-21-8-6-12(7-9-21)11-22-16(17)15(10-18-22)20-19-13-2-4-14(5-3-13)23(24)25;/h2-10H,11,17H2,1H3;1H/q+1;/p-1. The maximum Gasteiger partial charge on any atom is 0.269 e. The van der Waals surface area contributed by atoms with Crippen LogP contribution in [-0.2, 0) is 13.6 Å². The van der Waals surface area contributed by atoms with Crippen molar-refractivity contribution in [2.24, 2.45) is 17.3 Å². The summed E-state index contributed by atoms with van der Waals surface area (Å²) in [7, 11) is 1.95. The first-order chi connectivity index (χ1) is 12.0. The van der Waals surface area contributed by atoms with Crippen molar-refractivity contribution in [3.05, 3.63) is 70.7 Å². The number of hydrogen-bond donors (Lipinski definition) is 1. The van der Waals surface area contributed by atoms with Gasteiger partial charge in [0.15, 0.2) is 12.4 Å². The third-order valence-corrected chi connectivity index (χ3v) is 3.57. The summed E-state index contributed by atoms with van der Waals surface area (Å²) in [5, 5.41) is 23.0. The number of nitro groups is 1. The second-order valence-electron chi connectivity index (χ2n) is 5.42. The van der Waals surface area contributed by atoms with Crippen LogP contribution in [0.5, 0.6) is 0 Å². The monoisotopic (exact) mass is 373 g/mol. The number of nitro benzene ring substituents is 1. The molecule has 26 heavy (non-hydrogen) atoms. The summed E-state index contributed by atoms with van der Waals surface area (Å²) in [6, 6.07) is 9.75. The minimum atomic E-state index is -0.466. The van der Waals surface area contributed by atoms with Crippen molar-refractivity contribution in [3.8, 4) is 0 Å². The van der Waals surface area contributed by atoms with E-state index < -0.39 is 4.92 Å². The van der Waals surface area contributed by atoms with E-state index in [1.807, 2.05) is 36.1 Å². The van der Waals surface area contributed by atoms with Crippen molar-refractivity contribution >= 4 is 22.9 Å². The largest absolute Gasteiger partial charge is 1.00 e. The molecule has 0 aliphatic carbocycles. The zero-order valence-electron chi connectivity index (χ0n) is 13.9. The van der Waals surface area contributed by atoms with E-state index in [1.165, 1.54) is 30.5 Å². The lowest BCUT2D eigenvalue weighted by molar-refractivity contribution is -0.671. The van der Waals surface area contributed by atoms with Crippen molar-refractivity contribution in [3.63, 3.8) is 0 Å². The van der Waals surface area contributed by atoms with Crippen LogP contribution in [0.3, 0.4) is 0 Å². The number of aromatic nitrogens is 3. The minimum Gasteiger partial charge on any atom is -1.00 e. The molecule has 134 valence electrons.